The summed E-state index contributed by atoms with van der Waals surface area (Å²) in [5, 5.41) is 3.23. The van der Waals surface area contributed by atoms with E-state index in [1.54, 1.807) is 0 Å². The fourth-order valence-corrected chi connectivity index (χ4v) is 5.08. The molecule has 0 bridgehead atoms. The number of carbonyl (C=O) groups excluding carboxylic acids is 2. The van der Waals surface area contributed by atoms with Crippen LogP contribution >= 0.6 is 12.4 Å². The molecule has 0 aromatic heterocycles. The molecule has 2 amide bonds. The van der Waals surface area contributed by atoms with Crippen molar-refractivity contribution in [1.82, 2.24) is 10.2 Å². The molecule has 3 rings (SSSR count). The van der Waals surface area contributed by atoms with E-state index in [4.69, 9.17) is 10.5 Å². The largest absolute Gasteiger partial charge is 0.378 e. The number of halogens is 1. The van der Waals surface area contributed by atoms with Crippen LogP contribution in [0, 0.1) is 11.8 Å². The second-order valence-electron chi connectivity index (χ2n) is 9.01. The second kappa shape index (κ2) is 12.8. The van der Waals surface area contributed by atoms with Crippen LogP contribution < -0.4 is 11.1 Å². The highest BCUT2D eigenvalue weighted by Gasteiger charge is 2.32. The minimum absolute atomic E-state index is 0. The Balaban J connectivity index is 0.00000300. The van der Waals surface area contributed by atoms with Gasteiger partial charge in [0.05, 0.1) is 6.10 Å². The van der Waals surface area contributed by atoms with Gasteiger partial charge < -0.3 is 20.7 Å². The predicted octanol–water partition coefficient (Wildman–Crippen LogP) is 3.02. The van der Waals surface area contributed by atoms with E-state index in [9.17, 15) is 9.59 Å². The first-order valence-electron chi connectivity index (χ1n) is 11.6. The van der Waals surface area contributed by atoms with E-state index < -0.39 is 0 Å². The molecule has 7 heteroatoms. The third kappa shape index (κ3) is 7.72. The number of carbonyl (C=O) groups is 2. The van der Waals surface area contributed by atoms with Gasteiger partial charge in [-0.2, -0.15) is 0 Å². The van der Waals surface area contributed by atoms with Crippen LogP contribution in [0.5, 0.6) is 0 Å². The van der Waals surface area contributed by atoms with E-state index in [2.05, 4.69) is 5.32 Å². The van der Waals surface area contributed by atoms with Gasteiger partial charge in [-0.1, -0.05) is 12.8 Å². The van der Waals surface area contributed by atoms with E-state index >= 15 is 0 Å². The summed E-state index contributed by atoms with van der Waals surface area (Å²) in [7, 11) is 0. The molecule has 1 saturated heterocycles. The maximum Gasteiger partial charge on any atom is 0.225 e. The summed E-state index contributed by atoms with van der Waals surface area (Å²) < 4.78 is 5.84. The molecular formula is C22H40ClN3O3. The Hall–Kier alpha value is -0.850. The number of nitrogens with two attached hydrogens (primary N) is 1. The van der Waals surface area contributed by atoms with E-state index in [-0.39, 0.29) is 36.4 Å². The zero-order valence-corrected chi connectivity index (χ0v) is 18.6. The van der Waals surface area contributed by atoms with Crippen molar-refractivity contribution in [3.05, 3.63) is 0 Å². The Bertz CT molecular complexity index is 498. The summed E-state index contributed by atoms with van der Waals surface area (Å²) in [6, 6.07) is 0.264. The van der Waals surface area contributed by atoms with E-state index in [0.717, 1.165) is 64.6 Å². The average molecular weight is 430 g/mol. The maximum atomic E-state index is 12.9. The molecule has 6 nitrogen and oxygen atoms in total. The number of amides is 2. The number of hydrogen-bond donors (Lipinski definition) is 2. The van der Waals surface area contributed by atoms with Crippen LogP contribution in [0.1, 0.15) is 77.0 Å². The lowest BCUT2D eigenvalue weighted by molar-refractivity contribution is -0.139. The number of piperidine rings is 1. The standard InChI is InChI=1S/C22H39N3O3.ClH/c23-12-3-15-28-20-10-13-25(14-11-20)22(27)18-6-8-19(9-7-18)24-21(26)16-17-4-1-2-5-17;/h17-20H,1-16,23H2,(H,24,26);1H. The highest BCUT2D eigenvalue weighted by Crippen LogP contribution is 2.29. The first-order chi connectivity index (χ1) is 13.7. The van der Waals surface area contributed by atoms with Gasteiger partial charge in [0.25, 0.3) is 0 Å². The zero-order valence-electron chi connectivity index (χ0n) is 17.8. The smallest absolute Gasteiger partial charge is 0.225 e. The molecule has 0 radical (unpaired) electrons. The molecule has 1 aliphatic heterocycles. The summed E-state index contributed by atoms with van der Waals surface area (Å²) in [6.07, 6.45) is 12.4. The van der Waals surface area contributed by atoms with Gasteiger partial charge in [-0.15, -0.1) is 12.4 Å². The molecule has 3 aliphatic rings. The molecule has 168 valence electrons. The summed E-state index contributed by atoms with van der Waals surface area (Å²) in [5.41, 5.74) is 5.51. The molecule has 0 aromatic carbocycles. The lowest BCUT2D eigenvalue weighted by Gasteiger charge is -2.36. The number of nitrogens with one attached hydrogen (secondary N) is 1. The summed E-state index contributed by atoms with van der Waals surface area (Å²) in [6.45, 7) is 3.01. The van der Waals surface area contributed by atoms with Crippen LogP contribution in [0.25, 0.3) is 0 Å². The Morgan fingerprint density at radius 3 is 2.24 bits per heavy atom. The van der Waals surface area contributed by atoms with Gasteiger partial charge in [0.1, 0.15) is 0 Å². The van der Waals surface area contributed by atoms with Crippen LogP contribution in [-0.4, -0.2) is 55.1 Å². The van der Waals surface area contributed by atoms with Crippen LogP contribution in [0.15, 0.2) is 0 Å². The van der Waals surface area contributed by atoms with Gasteiger partial charge in [0.15, 0.2) is 0 Å². The molecule has 2 saturated carbocycles. The zero-order chi connectivity index (χ0) is 19.8. The number of likely N-dealkylation sites (tertiary alicyclic amines) is 1. The van der Waals surface area contributed by atoms with Crippen LogP contribution in [0.2, 0.25) is 0 Å². The Labute approximate surface area is 182 Å². The van der Waals surface area contributed by atoms with Crippen LogP contribution in [0.3, 0.4) is 0 Å². The van der Waals surface area contributed by atoms with Crippen LogP contribution in [-0.2, 0) is 14.3 Å². The molecule has 2 aliphatic carbocycles. The Morgan fingerprint density at radius 1 is 0.966 bits per heavy atom. The molecule has 0 aromatic rings. The minimum Gasteiger partial charge on any atom is -0.378 e. The summed E-state index contributed by atoms with van der Waals surface area (Å²) >= 11 is 0. The molecule has 3 N–H and O–H groups in total. The van der Waals surface area contributed by atoms with Crippen molar-refractivity contribution in [3.8, 4) is 0 Å². The van der Waals surface area contributed by atoms with E-state index in [1.165, 1.54) is 25.7 Å². The fourth-order valence-electron chi connectivity index (χ4n) is 5.08. The third-order valence-corrected chi connectivity index (χ3v) is 6.85. The highest BCUT2D eigenvalue weighted by atomic mass is 35.5. The first-order valence-corrected chi connectivity index (χ1v) is 11.6. The molecule has 29 heavy (non-hydrogen) atoms. The predicted molar refractivity (Wildman–Crippen MR) is 117 cm³/mol. The molecule has 0 unspecified atom stereocenters. The van der Waals surface area contributed by atoms with Crippen molar-refractivity contribution in [3.63, 3.8) is 0 Å². The van der Waals surface area contributed by atoms with Gasteiger partial charge in [0.2, 0.25) is 11.8 Å². The number of hydrogen-bond acceptors (Lipinski definition) is 4. The van der Waals surface area contributed by atoms with Crippen molar-refractivity contribution in [2.45, 2.75) is 89.2 Å². The quantitative estimate of drug-likeness (QED) is 0.581. The topological polar surface area (TPSA) is 84.7 Å². The van der Waals surface area contributed by atoms with E-state index in [1.807, 2.05) is 4.90 Å². The van der Waals surface area contributed by atoms with Crippen molar-refractivity contribution < 1.29 is 14.3 Å². The molecule has 1 heterocycles. The Kier molecular flexibility index (Phi) is 10.7. The second-order valence-corrected chi connectivity index (χ2v) is 9.01. The SMILES string of the molecule is Cl.NCCCOC1CCN(C(=O)C2CCC(NC(=O)CC3CCCC3)CC2)CC1. The molecular weight excluding hydrogens is 390 g/mol. The van der Waals surface area contributed by atoms with Crippen molar-refractivity contribution in [2.24, 2.45) is 17.6 Å². The number of ether oxygens (including phenoxy) is 1. The average Bonchev–Trinajstić information content (AvgIpc) is 3.21. The lowest BCUT2D eigenvalue weighted by atomic mass is 9.84. The molecule has 3 fully saturated rings. The molecule has 0 atom stereocenters. The summed E-state index contributed by atoms with van der Waals surface area (Å²) in [5.74, 6) is 1.27. The Morgan fingerprint density at radius 2 is 1.62 bits per heavy atom. The van der Waals surface area contributed by atoms with E-state index in [0.29, 0.717) is 24.8 Å². The fraction of sp³-hybridized carbons (Fsp3) is 0.909. The monoisotopic (exact) mass is 429 g/mol. The normalized spacial score (nSPS) is 26.2. The summed E-state index contributed by atoms with van der Waals surface area (Å²) in [4.78, 5) is 27.1. The van der Waals surface area contributed by atoms with Gasteiger partial charge in [0, 0.05) is 38.1 Å². The molecule has 0 spiro atoms. The van der Waals surface area contributed by atoms with Crippen molar-refractivity contribution >= 4 is 24.2 Å². The highest BCUT2D eigenvalue weighted by molar-refractivity contribution is 5.85. The third-order valence-electron chi connectivity index (χ3n) is 6.85. The number of nitrogens with zero attached hydrogens (tertiary/aromatic N) is 1. The van der Waals surface area contributed by atoms with Crippen molar-refractivity contribution in [1.29, 1.82) is 0 Å². The minimum atomic E-state index is 0. The van der Waals surface area contributed by atoms with Gasteiger partial charge in [-0.3, -0.25) is 9.59 Å². The van der Waals surface area contributed by atoms with Gasteiger partial charge in [-0.05, 0) is 70.3 Å². The van der Waals surface area contributed by atoms with Crippen LogP contribution in [0.4, 0.5) is 0 Å². The first kappa shape index (κ1) is 24.4. The van der Waals surface area contributed by atoms with Crippen molar-refractivity contribution in [2.75, 3.05) is 26.2 Å². The lowest BCUT2D eigenvalue weighted by Crippen LogP contribution is -2.46. The van der Waals surface area contributed by atoms with Gasteiger partial charge in [-0.25, -0.2) is 0 Å². The van der Waals surface area contributed by atoms with Gasteiger partial charge >= 0.3 is 0 Å². The number of rotatable bonds is 8. The maximum absolute atomic E-state index is 12.9.